The summed E-state index contributed by atoms with van der Waals surface area (Å²) in [4.78, 5) is 39.9. The van der Waals surface area contributed by atoms with Gasteiger partial charge in [0.2, 0.25) is 0 Å². The summed E-state index contributed by atoms with van der Waals surface area (Å²) < 4.78 is 4.73. The molecule has 1 unspecified atom stereocenters. The SMILES string of the molecule is COC(=O)c1cccc(CN2C(=O)NC3(CCCc4sccc43)C2=O)c1. The number of nitrogens with zero attached hydrogens (tertiary/aromatic N) is 1. The minimum absolute atomic E-state index is 0.122. The molecule has 6 nitrogen and oxygen atoms in total. The van der Waals surface area contributed by atoms with Gasteiger partial charge in [-0.3, -0.25) is 9.69 Å². The lowest BCUT2D eigenvalue weighted by atomic mass is 9.80. The van der Waals surface area contributed by atoms with Crippen LogP contribution in [0.2, 0.25) is 0 Å². The van der Waals surface area contributed by atoms with Gasteiger partial charge in [-0.25, -0.2) is 9.59 Å². The molecule has 134 valence electrons. The molecule has 1 N–H and O–H groups in total. The molecule has 7 heteroatoms. The van der Waals surface area contributed by atoms with Crippen molar-refractivity contribution in [3.63, 3.8) is 0 Å². The average Bonchev–Trinajstić information content (AvgIpc) is 3.22. The first kappa shape index (κ1) is 16.8. The Labute approximate surface area is 154 Å². The number of nitrogens with one attached hydrogen (secondary N) is 1. The van der Waals surface area contributed by atoms with Gasteiger partial charge in [0.25, 0.3) is 5.91 Å². The number of hydrogen-bond donors (Lipinski definition) is 1. The van der Waals surface area contributed by atoms with Gasteiger partial charge in [0.15, 0.2) is 0 Å². The molecule has 1 atom stereocenters. The maximum absolute atomic E-state index is 13.2. The number of benzene rings is 1. The van der Waals surface area contributed by atoms with Gasteiger partial charge in [-0.15, -0.1) is 11.3 Å². The Morgan fingerprint density at radius 1 is 1.35 bits per heavy atom. The Bertz CT molecular complexity index is 906. The van der Waals surface area contributed by atoms with Crippen LogP contribution in [0.3, 0.4) is 0 Å². The van der Waals surface area contributed by atoms with Crippen molar-refractivity contribution >= 4 is 29.2 Å². The third-order valence-corrected chi connectivity index (χ3v) is 6.01. The first-order chi connectivity index (χ1) is 12.5. The summed E-state index contributed by atoms with van der Waals surface area (Å²) in [7, 11) is 1.32. The standard InChI is InChI=1S/C19H18N2O4S/c1-25-16(22)13-5-2-4-12(10-13)11-21-17(23)19(20-18(21)24)8-3-6-15-14(19)7-9-26-15/h2,4-5,7,9-10H,3,6,8,11H2,1H3,(H,20,24). The van der Waals surface area contributed by atoms with E-state index < -0.39 is 17.5 Å². The number of aryl methyl sites for hydroxylation is 1. The van der Waals surface area contributed by atoms with E-state index >= 15 is 0 Å². The van der Waals surface area contributed by atoms with E-state index in [9.17, 15) is 14.4 Å². The summed E-state index contributed by atoms with van der Waals surface area (Å²) in [6, 6.07) is 8.34. The van der Waals surface area contributed by atoms with Crippen molar-refractivity contribution in [1.82, 2.24) is 10.2 Å². The normalized spacial score (nSPS) is 21.7. The van der Waals surface area contributed by atoms with Crippen LogP contribution < -0.4 is 5.32 Å². The highest BCUT2D eigenvalue weighted by molar-refractivity contribution is 7.10. The lowest BCUT2D eigenvalue weighted by molar-refractivity contribution is -0.132. The zero-order valence-corrected chi connectivity index (χ0v) is 15.1. The zero-order valence-electron chi connectivity index (χ0n) is 14.3. The zero-order chi connectivity index (χ0) is 18.3. The summed E-state index contributed by atoms with van der Waals surface area (Å²) in [5.74, 6) is -0.666. The van der Waals surface area contributed by atoms with E-state index in [1.165, 1.54) is 16.9 Å². The highest BCUT2D eigenvalue weighted by Gasteiger charge is 2.54. The van der Waals surface area contributed by atoms with Gasteiger partial charge in [-0.1, -0.05) is 12.1 Å². The highest BCUT2D eigenvalue weighted by Crippen LogP contribution is 2.42. The average molecular weight is 370 g/mol. The number of thiophene rings is 1. The molecule has 1 aliphatic carbocycles. The van der Waals surface area contributed by atoms with Crippen LogP contribution in [0.1, 0.15) is 39.2 Å². The number of rotatable bonds is 3. The molecule has 2 heterocycles. The first-order valence-electron chi connectivity index (χ1n) is 8.43. The Morgan fingerprint density at radius 3 is 3.00 bits per heavy atom. The van der Waals surface area contributed by atoms with Crippen molar-refractivity contribution in [3.05, 3.63) is 57.3 Å². The van der Waals surface area contributed by atoms with Crippen molar-refractivity contribution in [1.29, 1.82) is 0 Å². The number of imide groups is 1. The van der Waals surface area contributed by atoms with Crippen LogP contribution in [0, 0.1) is 0 Å². The molecule has 1 saturated heterocycles. The summed E-state index contributed by atoms with van der Waals surface area (Å²) in [6.07, 6.45) is 2.42. The molecule has 0 radical (unpaired) electrons. The second kappa shape index (κ2) is 6.25. The second-order valence-electron chi connectivity index (χ2n) is 6.53. The van der Waals surface area contributed by atoms with Crippen LogP contribution in [0.25, 0.3) is 0 Å². The van der Waals surface area contributed by atoms with Crippen LogP contribution in [0.5, 0.6) is 0 Å². The maximum atomic E-state index is 13.2. The Hall–Kier alpha value is -2.67. The number of carbonyl (C=O) groups excluding carboxylic acids is 3. The van der Waals surface area contributed by atoms with E-state index in [-0.39, 0.29) is 12.5 Å². The topological polar surface area (TPSA) is 75.7 Å². The summed E-state index contributed by atoms with van der Waals surface area (Å²) in [5, 5.41) is 4.90. The number of amides is 3. The summed E-state index contributed by atoms with van der Waals surface area (Å²) in [5.41, 5.74) is 1.09. The summed E-state index contributed by atoms with van der Waals surface area (Å²) in [6.45, 7) is 0.122. The van der Waals surface area contributed by atoms with Crippen LogP contribution in [-0.4, -0.2) is 29.9 Å². The number of ether oxygens (including phenoxy) is 1. The van der Waals surface area contributed by atoms with E-state index in [4.69, 9.17) is 4.74 Å². The third-order valence-electron chi connectivity index (χ3n) is 5.03. The predicted molar refractivity (Wildman–Crippen MR) is 95.8 cm³/mol. The van der Waals surface area contributed by atoms with E-state index in [0.717, 1.165) is 18.4 Å². The Kier molecular flexibility index (Phi) is 4.03. The molecule has 1 aliphatic heterocycles. The quantitative estimate of drug-likeness (QED) is 0.666. The molecule has 2 aromatic rings. The van der Waals surface area contributed by atoms with E-state index in [0.29, 0.717) is 17.5 Å². The molecule has 4 rings (SSSR count). The highest BCUT2D eigenvalue weighted by atomic mass is 32.1. The number of esters is 1. The van der Waals surface area contributed by atoms with Gasteiger partial charge >= 0.3 is 12.0 Å². The lowest BCUT2D eigenvalue weighted by Gasteiger charge is -2.31. The number of hydrogen-bond acceptors (Lipinski definition) is 5. The number of fused-ring (bicyclic) bond motifs is 2. The second-order valence-corrected chi connectivity index (χ2v) is 7.53. The van der Waals surface area contributed by atoms with Gasteiger partial charge in [0, 0.05) is 10.4 Å². The number of carbonyl (C=O) groups is 3. The molecule has 1 aromatic carbocycles. The van der Waals surface area contributed by atoms with Gasteiger partial charge in [-0.2, -0.15) is 0 Å². The number of urea groups is 1. The minimum atomic E-state index is -0.940. The van der Waals surface area contributed by atoms with Gasteiger partial charge < -0.3 is 10.1 Å². The van der Waals surface area contributed by atoms with Crippen molar-refractivity contribution in [2.24, 2.45) is 0 Å². The first-order valence-corrected chi connectivity index (χ1v) is 9.31. The monoisotopic (exact) mass is 370 g/mol. The molecule has 1 spiro atoms. The van der Waals surface area contributed by atoms with Crippen LogP contribution in [-0.2, 0) is 28.0 Å². The fourth-order valence-corrected chi connectivity index (χ4v) is 4.78. The minimum Gasteiger partial charge on any atom is -0.465 e. The van der Waals surface area contributed by atoms with Gasteiger partial charge in [-0.05, 0) is 48.4 Å². The molecular formula is C19H18N2O4S. The fraction of sp³-hybridized carbons (Fsp3) is 0.316. The molecule has 0 saturated carbocycles. The van der Waals surface area contributed by atoms with Crippen molar-refractivity contribution in [2.45, 2.75) is 31.3 Å². The third kappa shape index (κ3) is 2.50. The van der Waals surface area contributed by atoms with Crippen molar-refractivity contribution in [3.8, 4) is 0 Å². The van der Waals surface area contributed by atoms with Crippen LogP contribution in [0.4, 0.5) is 4.79 Å². The van der Waals surface area contributed by atoms with E-state index in [1.54, 1.807) is 35.6 Å². The largest absolute Gasteiger partial charge is 0.465 e. The van der Waals surface area contributed by atoms with Crippen LogP contribution >= 0.6 is 11.3 Å². The van der Waals surface area contributed by atoms with Gasteiger partial charge in [0.05, 0.1) is 19.2 Å². The molecule has 1 fully saturated rings. The van der Waals surface area contributed by atoms with E-state index in [1.807, 2.05) is 11.4 Å². The van der Waals surface area contributed by atoms with E-state index in [2.05, 4.69) is 5.32 Å². The molecule has 2 aliphatic rings. The molecular weight excluding hydrogens is 352 g/mol. The lowest BCUT2D eigenvalue weighted by Crippen LogP contribution is -2.46. The predicted octanol–water partition coefficient (Wildman–Crippen LogP) is 2.82. The smallest absolute Gasteiger partial charge is 0.337 e. The van der Waals surface area contributed by atoms with Crippen molar-refractivity contribution in [2.75, 3.05) is 7.11 Å². The van der Waals surface area contributed by atoms with Crippen LogP contribution in [0.15, 0.2) is 35.7 Å². The maximum Gasteiger partial charge on any atom is 0.337 e. The Balaban J connectivity index is 1.63. The van der Waals surface area contributed by atoms with Gasteiger partial charge in [0.1, 0.15) is 5.54 Å². The Morgan fingerprint density at radius 2 is 2.19 bits per heavy atom. The summed E-state index contributed by atoms with van der Waals surface area (Å²) >= 11 is 1.63. The number of methoxy groups -OCH3 is 1. The molecule has 26 heavy (non-hydrogen) atoms. The molecule has 3 amide bonds. The molecule has 1 aromatic heterocycles. The fourth-order valence-electron chi connectivity index (χ4n) is 3.78. The van der Waals surface area contributed by atoms with Crippen molar-refractivity contribution < 1.29 is 19.1 Å². The molecule has 0 bridgehead atoms.